The zero-order chi connectivity index (χ0) is 19.2. The molecule has 6 nitrogen and oxygen atoms in total. The molecule has 0 aromatic carbocycles. The van der Waals surface area contributed by atoms with Crippen molar-refractivity contribution in [2.24, 2.45) is 0 Å². The lowest BCUT2D eigenvalue weighted by atomic mass is 10.2. The smallest absolute Gasteiger partial charge is 0.274 e. The summed E-state index contributed by atoms with van der Waals surface area (Å²) in [5, 5.41) is 5.35. The van der Waals surface area contributed by atoms with Gasteiger partial charge in [0.05, 0.1) is 5.69 Å². The number of aromatic nitrogens is 4. The van der Waals surface area contributed by atoms with Crippen LogP contribution in [0.15, 0.2) is 72.8 Å². The maximum absolute atomic E-state index is 12.7. The molecule has 4 heterocycles. The van der Waals surface area contributed by atoms with E-state index >= 15 is 0 Å². The van der Waals surface area contributed by atoms with Gasteiger partial charge in [0.25, 0.3) is 5.91 Å². The highest BCUT2D eigenvalue weighted by molar-refractivity contribution is 7.14. The Labute approximate surface area is 166 Å². The van der Waals surface area contributed by atoms with E-state index in [-0.39, 0.29) is 5.91 Å². The predicted molar refractivity (Wildman–Crippen MR) is 111 cm³/mol. The van der Waals surface area contributed by atoms with E-state index in [1.54, 1.807) is 30.9 Å². The molecule has 0 saturated carbocycles. The number of amides is 1. The van der Waals surface area contributed by atoms with Gasteiger partial charge in [-0.3, -0.25) is 20.1 Å². The molecule has 4 rings (SSSR count). The van der Waals surface area contributed by atoms with Crippen molar-refractivity contribution in [3.63, 3.8) is 0 Å². The van der Waals surface area contributed by atoms with Crippen molar-refractivity contribution in [3.05, 3.63) is 95.3 Å². The highest BCUT2D eigenvalue weighted by atomic mass is 32.1. The number of hydrogen-bond acceptors (Lipinski definition) is 5. The Kier molecular flexibility index (Phi) is 5.35. The van der Waals surface area contributed by atoms with Gasteiger partial charge < -0.3 is 4.57 Å². The fraction of sp³-hybridized carbons (Fsp3) is 0.0476. The third-order valence-corrected chi connectivity index (χ3v) is 4.84. The summed E-state index contributed by atoms with van der Waals surface area (Å²) in [4.78, 5) is 25.1. The number of nitrogens with one attached hydrogen (secondary N) is 1. The fourth-order valence-corrected chi connectivity index (χ4v) is 3.35. The number of rotatable bonds is 6. The zero-order valence-electron chi connectivity index (χ0n) is 14.9. The van der Waals surface area contributed by atoms with Gasteiger partial charge in [-0.25, -0.2) is 4.98 Å². The van der Waals surface area contributed by atoms with Crippen molar-refractivity contribution in [1.29, 1.82) is 0 Å². The quantitative estimate of drug-likeness (QED) is 0.538. The van der Waals surface area contributed by atoms with Crippen LogP contribution in [0.1, 0.15) is 27.3 Å². The van der Waals surface area contributed by atoms with Crippen LogP contribution in [0.4, 0.5) is 5.13 Å². The average Bonchev–Trinajstić information content (AvgIpc) is 3.37. The first kappa shape index (κ1) is 17.8. The Morgan fingerprint density at radius 2 is 1.79 bits per heavy atom. The van der Waals surface area contributed by atoms with Crippen LogP contribution >= 0.6 is 11.3 Å². The summed E-state index contributed by atoms with van der Waals surface area (Å²) in [7, 11) is 0. The minimum atomic E-state index is -0.182. The summed E-state index contributed by atoms with van der Waals surface area (Å²) >= 11 is 1.40. The molecule has 0 aliphatic heterocycles. The number of carbonyl (C=O) groups excluding carboxylic acids is 1. The Bertz CT molecular complexity index is 1090. The third-order valence-electron chi connectivity index (χ3n) is 4.06. The largest absolute Gasteiger partial charge is 0.339 e. The number of carbonyl (C=O) groups is 1. The summed E-state index contributed by atoms with van der Waals surface area (Å²) in [6.07, 6.45) is 12.7. The molecule has 138 valence electrons. The molecule has 0 aliphatic rings. The molecule has 0 fully saturated rings. The van der Waals surface area contributed by atoms with E-state index in [9.17, 15) is 4.79 Å². The van der Waals surface area contributed by atoms with Crippen molar-refractivity contribution in [1.82, 2.24) is 19.5 Å². The Morgan fingerprint density at radius 3 is 2.57 bits per heavy atom. The number of nitrogens with zero attached hydrogens (tertiary/aromatic N) is 4. The molecule has 1 N–H and O–H groups in total. The molecular weight excluding hydrogens is 370 g/mol. The number of thiazole rings is 1. The normalized spacial score (nSPS) is 11.0. The third kappa shape index (κ3) is 4.39. The molecule has 0 radical (unpaired) electrons. The lowest BCUT2D eigenvalue weighted by Gasteiger charge is -2.08. The van der Waals surface area contributed by atoms with Crippen LogP contribution in [-0.2, 0) is 6.54 Å². The van der Waals surface area contributed by atoms with Gasteiger partial charge in [0.15, 0.2) is 5.13 Å². The maximum atomic E-state index is 12.7. The van der Waals surface area contributed by atoms with E-state index < -0.39 is 0 Å². The standard InChI is InChI=1S/C21H17N5OS/c27-20(19-2-1-13-26(19)14-17-7-11-23-12-8-17)25-21-24-18(15-28-21)4-3-16-5-9-22-10-6-16/h1-13,15H,14H2,(H,24,25,27). The van der Waals surface area contributed by atoms with Gasteiger partial charge in [-0.15, -0.1) is 11.3 Å². The van der Waals surface area contributed by atoms with Gasteiger partial charge in [-0.2, -0.15) is 0 Å². The number of hydrogen-bond donors (Lipinski definition) is 1. The molecule has 4 aromatic rings. The van der Waals surface area contributed by atoms with Crippen LogP contribution < -0.4 is 5.32 Å². The molecule has 0 spiro atoms. The summed E-state index contributed by atoms with van der Waals surface area (Å²) in [5.41, 5.74) is 3.51. The molecule has 0 saturated heterocycles. The van der Waals surface area contributed by atoms with Gasteiger partial charge in [0.1, 0.15) is 5.69 Å². The Hall–Kier alpha value is -3.58. The van der Waals surface area contributed by atoms with Crippen LogP contribution in [0, 0.1) is 0 Å². The van der Waals surface area contributed by atoms with Crippen LogP contribution in [0.5, 0.6) is 0 Å². The lowest BCUT2D eigenvalue weighted by molar-refractivity contribution is 0.101. The summed E-state index contributed by atoms with van der Waals surface area (Å²) in [6, 6.07) is 11.4. The number of pyridine rings is 2. The van der Waals surface area contributed by atoms with Crippen LogP contribution in [0.3, 0.4) is 0 Å². The topological polar surface area (TPSA) is 72.7 Å². The van der Waals surface area contributed by atoms with Crippen LogP contribution in [0.25, 0.3) is 12.2 Å². The molecule has 0 atom stereocenters. The van der Waals surface area contributed by atoms with Gasteiger partial charge in [0.2, 0.25) is 0 Å². The van der Waals surface area contributed by atoms with E-state index in [0.29, 0.717) is 17.4 Å². The first-order valence-electron chi connectivity index (χ1n) is 8.67. The second-order valence-electron chi connectivity index (χ2n) is 6.02. The van der Waals surface area contributed by atoms with E-state index in [1.807, 2.05) is 58.6 Å². The Morgan fingerprint density at radius 1 is 1.04 bits per heavy atom. The predicted octanol–water partition coefficient (Wildman–Crippen LogP) is 4.21. The van der Waals surface area contributed by atoms with Crippen molar-refractivity contribution in [2.75, 3.05) is 5.32 Å². The second-order valence-corrected chi connectivity index (χ2v) is 6.88. The monoisotopic (exact) mass is 387 g/mol. The minimum Gasteiger partial charge on any atom is -0.339 e. The van der Waals surface area contributed by atoms with Gasteiger partial charge in [0, 0.05) is 42.9 Å². The average molecular weight is 387 g/mol. The molecule has 0 unspecified atom stereocenters. The summed E-state index contributed by atoms with van der Waals surface area (Å²) in [5.74, 6) is -0.182. The van der Waals surface area contributed by atoms with Crippen molar-refractivity contribution in [3.8, 4) is 0 Å². The summed E-state index contributed by atoms with van der Waals surface area (Å²) in [6.45, 7) is 0.607. The van der Waals surface area contributed by atoms with Crippen molar-refractivity contribution >= 4 is 34.5 Å². The van der Waals surface area contributed by atoms with Gasteiger partial charge >= 0.3 is 0 Å². The molecule has 7 heteroatoms. The van der Waals surface area contributed by atoms with E-state index in [1.165, 1.54) is 11.3 Å². The minimum absolute atomic E-state index is 0.182. The van der Waals surface area contributed by atoms with Crippen LogP contribution in [0.2, 0.25) is 0 Å². The lowest BCUT2D eigenvalue weighted by Crippen LogP contribution is -2.17. The van der Waals surface area contributed by atoms with Gasteiger partial charge in [-0.1, -0.05) is 6.08 Å². The Balaban J connectivity index is 1.43. The highest BCUT2D eigenvalue weighted by Crippen LogP contribution is 2.19. The van der Waals surface area contributed by atoms with E-state index in [4.69, 9.17) is 0 Å². The van der Waals surface area contributed by atoms with Crippen LogP contribution in [-0.4, -0.2) is 25.4 Å². The van der Waals surface area contributed by atoms with Crippen molar-refractivity contribution < 1.29 is 4.79 Å². The first-order chi connectivity index (χ1) is 13.8. The van der Waals surface area contributed by atoms with E-state index in [0.717, 1.165) is 16.8 Å². The molecular formula is C21H17N5OS. The summed E-state index contributed by atoms with van der Waals surface area (Å²) < 4.78 is 1.91. The molecule has 0 aliphatic carbocycles. The maximum Gasteiger partial charge on any atom is 0.274 e. The fourth-order valence-electron chi connectivity index (χ4n) is 2.68. The molecule has 0 bridgehead atoms. The number of anilines is 1. The molecule has 28 heavy (non-hydrogen) atoms. The zero-order valence-corrected chi connectivity index (χ0v) is 15.7. The second kappa shape index (κ2) is 8.41. The highest BCUT2D eigenvalue weighted by Gasteiger charge is 2.13. The van der Waals surface area contributed by atoms with E-state index in [2.05, 4.69) is 20.3 Å². The molecule has 4 aromatic heterocycles. The SMILES string of the molecule is O=C(Nc1nc(C=Cc2ccncc2)cs1)c1cccn1Cc1ccncc1. The first-order valence-corrected chi connectivity index (χ1v) is 9.55. The molecule has 1 amide bonds. The van der Waals surface area contributed by atoms with Gasteiger partial charge in [-0.05, 0) is 53.6 Å². The van der Waals surface area contributed by atoms with Crippen molar-refractivity contribution in [2.45, 2.75) is 6.54 Å².